The summed E-state index contributed by atoms with van der Waals surface area (Å²) >= 11 is 6.53. The molecule has 18 heavy (non-hydrogen) atoms. The van der Waals surface area contributed by atoms with E-state index in [0.29, 0.717) is 11.8 Å². The van der Waals surface area contributed by atoms with E-state index in [-0.39, 0.29) is 4.58 Å². The van der Waals surface area contributed by atoms with Crippen molar-refractivity contribution >= 4 is 58.8 Å². The number of hydrogen-bond acceptors (Lipinski definition) is 8. The summed E-state index contributed by atoms with van der Waals surface area (Å²) in [6, 6.07) is 4.07. The number of rotatable bonds is 9. The molecule has 8 heteroatoms. The standard InChI is InChI=1S/C10H10N2O2S4/c13-5-11-7-17-10(18-8-12-6-14)4-16-9-2-1-3-15-9/h1-3,10H,4,7-8H2. The van der Waals surface area contributed by atoms with Gasteiger partial charge in [-0.1, -0.05) is 6.07 Å². The fraction of sp³-hybridized carbons (Fsp3) is 0.400. The van der Waals surface area contributed by atoms with Crippen molar-refractivity contribution in [3.05, 3.63) is 17.5 Å². The first-order chi connectivity index (χ1) is 8.86. The average molecular weight is 318 g/mol. The van der Waals surface area contributed by atoms with Crippen LogP contribution in [0.25, 0.3) is 0 Å². The monoisotopic (exact) mass is 318 g/mol. The van der Waals surface area contributed by atoms with Crippen LogP contribution in [0.5, 0.6) is 0 Å². The summed E-state index contributed by atoms with van der Waals surface area (Å²) in [7, 11) is 0. The predicted octanol–water partition coefficient (Wildman–Crippen LogP) is 3.22. The van der Waals surface area contributed by atoms with Crippen molar-refractivity contribution in [2.45, 2.75) is 8.79 Å². The highest BCUT2D eigenvalue weighted by atomic mass is 32.2. The number of thioether (sulfide) groups is 3. The van der Waals surface area contributed by atoms with Crippen molar-refractivity contribution in [1.29, 1.82) is 0 Å². The van der Waals surface area contributed by atoms with Crippen LogP contribution in [0.3, 0.4) is 0 Å². The highest BCUT2D eigenvalue weighted by molar-refractivity contribution is 8.18. The second-order valence-electron chi connectivity index (χ2n) is 2.76. The van der Waals surface area contributed by atoms with E-state index in [1.54, 1.807) is 46.6 Å². The first kappa shape index (κ1) is 15.6. The fourth-order valence-electron chi connectivity index (χ4n) is 0.934. The van der Waals surface area contributed by atoms with E-state index in [0.717, 1.165) is 5.75 Å². The highest BCUT2D eigenvalue weighted by Gasteiger charge is 2.10. The molecule has 0 amide bonds. The molecule has 0 radical (unpaired) electrons. The Kier molecular flexibility index (Phi) is 9.02. The molecule has 0 spiro atoms. The van der Waals surface area contributed by atoms with Gasteiger partial charge in [0.2, 0.25) is 12.2 Å². The van der Waals surface area contributed by atoms with Gasteiger partial charge in [-0.05, 0) is 11.4 Å². The third kappa shape index (κ3) is 7.06. The molecule has 0 fully saturated rings. The van der Waals surface area contributed by atoms with Crippen molar-refractivity contribution in [3.63, 3.8) is 0 Å². The highest BCUT2D eigenvalue weighted by Crippen LogP contribution is 2.32. The molecule has 96 valence electrons. The third-order valence-corrected chi connectivity index (χ3v) is 6.73. The van der Waals surface area contributed by atoms with Gasteiger partial charge in [0.05, 0.1) is 20.5 Å². The van der Waals surface area contributed by atoms with Crippen molar-refractivity contribution in [2.24, 2.45) is 9.98 Å². The summed E-state index contributed by atoms with van der Waals surface area (Å²) < 4.78 is 1.48. The molecule has 0 N–H and O–H groups in total. The minimum atomic E-state index is 0.228. The summed E-state index contributed by atoms with van der Waals surface area (Å²) in [5, 5.41) is 2.03. The van der Waals surface area contributed by atoms with Gasteiger partial charge in [0, 0.05) is 5.75 Å². The van der Waals surface area contributed by atoms with E-state index >= 15 is 0 Å². The van der Waals surface area contributed by atoms with Crippen LogP contribution in [0.15, 0.2) is 31.7 Å². The smallest absolute Gasteiger partial charge is 0.211 e. The molecule has 1 rings (SSSR count). The summed E-state index contributed by atoms with van der Waals surface area (Å²) in [6.07, 6.45) is 3.03. The molecule has 4 nitrogen and oxygen atoms in total. The van der Waals surface area contributed by atoms with Gasteiger partial charge in [-0.15, -0.1) is 46.6 Å². The number of aliphatic imine (C=N–C) groups is 2. The SMILES string of the molecule is O=C=NCSC(CSc1cccs1)SCN=C=O. The van der Waals surface area contributed by atoms with Crippen LogP contribution in [0.1, 0.15) is 0 Å². The lowest BCUT2D eigenvalue weighted by molar-refractivity contribution is 0.563. The first-order valence-corrected chi connectivity index (χ1v) is 8.80. The first-order valence-electron chi connectivity index (χ1n) is 4.83. The minimum absolute atomic E-state index is 0.228. The lowest BCUT2D eigenvalue weighted by Crippen LogP contribution is -2.02. The van der Waals surface area contributed by atoms with Gasteiger partial charge in [0.25, 0.3) is 0 Å². The van der Waals surface area contributed by atoms with Gasteiger partial charge in [-0.25, -0.2) is 9.59 Å². The lowest BCUT2D eigenvalue weighted by atomic mass is 10.7. The van der Waals surface area contributed by atoms with Crippen molar-refractivity contribution in [1.82, 2.24) is 0 Å². The Morgan fingerprint density at radius 2 is 1.89 bits per heavy atom. The molecule has 0 saturated carbocycles. The number of thiophene rings is 1. The molecule has 0 atom stereocenters. The Balaban J connectivity index is 2.36. The second-order valence-corrected chi connectivity index (χ2v) is 7.65. The molecule has 0 bridgehead atoms. The van der Waals surface area contributed by atoms with Crippen LogP contribution < -0.4 is 0 Å². The summed E-state index contributed by atoms with van der Waals surface area (Å²) in [6.45, 7) is 0. The lowest BCUT2D eigenvalue weighted by Gasteiger charge is -2.12. The van der Waals surface area contributed by atoms with Gasteiger partial charge in [0.1, 0.15) is 0 Å². The average Bonchev–Trinajstić information content (AvgIpc) is 2.89. The molecule has 0 aromatic carbocycles. The van der Waals surface area contributed by atoms with Gasteiger partial charge < -0.3 is 0 Å². The second kappa shape index (κ2) is 10.4. The Morgan fingerprint density at radius 3 is 2.39 bits per heavy atom. The Morgan fingerprint density at radius 1 is 1.22 bits per heavy atom. The van der Waals surface area contributed by atoms with E-state index < -0.39 is 0 Å². The van der Waals surface area contributed by atoms with Crippen molar-refractivity contribution in [3.8, 4) is 0 Å². The van der Waals surface area contributed by atoms with Crippen LogP contribution in [-0.4, -0.2) is 34.2 Å². The predicted molar refractivity (Wildman–Crippen MR) is 80.0 cm³/mol. The zero-order valence-electron chi connectivity index (χ0n) is 9.27. The topological polar surface area (TPSA) is 58.9 Å². The number of nitrogens with zero attached hydrogens (tertiary/aromatic N) is 2. The molecule has 0 aliphatic heterocycles. The van der Waals surface area contributed by atoms with Crippen LogP contribution in [0.2, 0.25) is 0 Å². The molecular formula is C10H10N2O2S4. The molecule has 0 aliphatic carbocycles. The molecule has 0 saturated heterocycles. The van der Waals surface area contributed by atoms with E-state index in [1.807, 2.05) is 11.4 Å². The summed E-state index contributed by atoms with van der Waals surface area (Å²) in [5.74, 6) is 1.65. The largest absolute Gasteiger partial charge is 0.235 e. The quantitative estimate of drug-likeness (QED) is 0.303. The van der Waals surface area contributed by atoms with Gasteiger partial charge in [-0.2, -0.15) is 9.98 Å². The summed E-state index contributed by atoms with van der Waals surface area (Å²) in [4.78, 5) is 27.0. The van der Waals surface area contributed by atoms with E-state index in [1.165, 1.54) is 16.4 Å². The number of hydrogen-bond donors (Lipinski definition) is 0. The van der Waals surface area contributed by atoms with Crippen molar-refractivity contribution in [2.75, 3.05) is 17.5 Å². The normalized spacial score (nSPS) is 11.3. The van der Waals surface area contributed by atoms with Crippen molar-refractivity contribution < 1.29 is 9.59 Å². The Hall–Kier alpha value is -0.490. The van der Waals surface area contributed by atoms with Crippen LogP contribution in [0.4, 0.5) is 0 Å². The molecule has 0 aliphatic rings. The van der Waals surface area contributed by atoms with E-state index in [4.69, 9.17) is 0 Å². The molecule has 1 heterocycles. The maximum absolute atomic E-state index is 10.0. The van der Waals surface area contributed by atoms with Crippen LogP contribution in [0, 0.1) is 0 Å². The minimum Gasteiger partial charge on any atom is -0.211 e. The molecular weight excluding hydrogens is 308 g/mol. The van der Waals surface area contributed by atoms with E-state index in [2.05, 4.69) is 16.1 Å². The summed E-state index contributed by atoms with van der Waals surface area (Å²) in [5.41, 5.74) is 0. The van der Waals surface area contributed by atoms with Crippen LogP contribution >= 0.6 is 46.6 Å². The van der Waals surface area contributed by atoms with Gasteiger partial charge >= 0.3 is 0 Å². The van der Waals surface area contributed by atoms with E-state index in [9.17, 15) is 9.59 Å². The molecule has 1 aromatic rings. The van der Waals surface area contributed by atoms with Gasteiger partial charge in [-0.3, -0.25) is 0 Å². The Bertz CT molecular complexity index is 403. The van der Waals surface area contributed by atoms with Gasteiger partial charge in [0.15, 0.2) is 0 Å². The number of carbonyl (C=O) groups excluding carboxylic acids is 2. The third-order valence-electron chi connectivity index (χ3n) is 1.64. The molecule has 1 aromatic heterocycles. The zero-order chi connectivity index (χ0) is 13.1. The Labute approximate surface area is 122 Å². The maximum atomic E-state index is 10.0. The number of isocyanates is 2. The molecule has 0 unspecified atom stereocenters. The zero-order valence-corrected chi connectivity index (χ0v) is 12.5. The van der Waals surface area contributed by atoms with Crippen LogP contribution in [-0.2, 0) is 9.59 Å². The maximum Gasteiger partial charge on any atom is 0.235 e. The fourth-order valence-corrected chi connectivity index (χ4v) is 5.02.